The summed E-state index contributed by atoms with van der Waals surface area (Å²) >= 11 is 1.39. The second-order valence-electron chi connectivity index (χ2n) is 8.74. The molecular weight excluding hydrogens is 540 g/mol. The van der Waals surface area contributed by atoms with Gasteiger partial charge in [-0.15, -0.1) is 11.8 Å². The minimum absolute atomic E-state index is 0.212. The van der Waals surface area contributed by atoms with Gasteiger partial charge < -0.3 is 24.8 Å². The second kappa shape index (κ2) is 14.0. The maximum Gasteiger partial charge on any atom is 0.338 e. The average molecular weight is 571 g/mol. The van der Waals surface area contributed by atoms with Gasteiger partial charge >= 0.3 is 5.97 Å². The zero-order valence-corrected chi connectivity index (χ0v) is 23.7. The van der Waals surface area contributed by atoms with Gasteiger partial charge in [-0.1, -0.05) is 30.3 Å². The number of thioether (sulfide) groups is 1. The van der Waals surface area contributed by atoms with Gasteiger partial charge in [-0.3, -0.25) is 9.59 Å². The van der Waals surface area contributed by atoms with Crippen molar-refractivity contribution in [2.24, 2.45) is 0 Å². The fourth-order valence-corrected chi connectivity index (χ4v) is 4.97. The predicted octanol–water partition coefficient (Wildman–Crippen LogP) is 6.60. The summed E-state index contributed by atoms with van der Waals surface area (Å²) in [6.45, 7) is 2.04. The highest BCUT2D eigenvalue weighted by atomic mass is 32.2. The van der Waals surface area contributed by atoms with Crippen LogP contribution in [0.5, 0.6) is 11.5 Å². The first kappa shape index (κ1) is 29.2. The summed E-state index contributed by atoms with van der Waals surface area (Å²) in [7, 11) is 3.05. The fourth-order valence-electron chi connectivity index (χ4n) is 3.95. The largest absolute Gasteiger partial charge is 0.493 e. The Morgan fingerprint density at radius 1 is 0.732 bits per heavy atom. The molecule has 4 aromatic rings. The minimum Gasteiger partial charge on any atom is -0.493 e. The molecule has 4 rings (SSSR count). The molecule has 210 valence electrons. The van der Waals surface area contributed by atoms with E-state index in [-0.39, 0.29) is 11.8 Å². The van der Waals surface area contributed by atoms with Gasteiger partial charge in [0, 0.05) is 21.8 Å². The number of hydrogen-bond acceptors (Lipinski definition) is 7. The molecule has 0 saturated heterocycles. The Hall–Kier alpha value is -4.76. The van der Waals surface area contributed by atoms with Crippen LogP contribution in [-0.4, -0.2) is 38.6 Å². The Kier molecular flexibility index (Phi) is 10.0. The van der Waals surface area contributed by atoms with Crippen molar-refractivity contribution in [3.8, 4) is 11.5 Å². The first-order valence-electron chi connectivity index (χ1n) is 12.8. The molecule has 1 unspecified atom stereocenters. The van der Waals surface area contributed by atoms with Crippen molar-refractivity contribution in [2.45, 2.75) is 17.1 Å². The van der Waals surface area contributed by atoms with Gasteiger partial charge in [0.05, 0.1) is 26.4 Å². The third-order valence-electron chi connectivity index (χ3n) is 6.02. The number of rotatable bonds is 11. The van der Waals surface area contributed by atoms with Crippen LogP contribution in [0, 0.1) is 0 Å². The molecule has 0 aliphatic rings. The molecule has 1 atom stereocenters. The van der Waals surface area contributed by atoms with Crippen LogP contribution in [0.4, 0.5) is 11.4 Å². The molecule has 4 aromatic carbocycles. The molecule has 2 amide bonds. The molecule has 0 fully saturated rings. The third kappa shape index (κ3) is 7.67. The van der Waals surface area contributed by atoms with E-state index in [1.165, 1.54) is 26.0 Å². The van der Waals surface area contributed by atoms with Crippen molar-refractivity contribution < 1.29 is 28.6 Å². The van der Waals surface area contributed by atoms with Crippen molar-refractivity contribution in [3.05, 3.63) is 114 Å². The van der Waals surface area contributed by atoms with Gasteiger partial charge in [0.1, 0.15) is 5.25 Å². The molecule has 0 aliphatic heterocycles. The molecular formula is C32H30N2O6S. The maximum atomic E-state index is 13.4. The van der Waals surface area contributed by atoms with Crippen LogP contribution in [0.3, 0.4) is 0 Å². The van der Waals surface area contributed by atoms with E-state index in [0.717, 1.165) is 10.5 Å². The van der Waals surface area contributed by atoms with Crippen LogP contribution >= 0.6 is 11.8 Å². The van der Waals surface area contributed by atoms with E-state index in [2.05, 4.69) is 10.6 Å². The summed E-state index contributed by atoms with van der Waals surface area (Å²) in [6, 6.07) is 28.3. The molecule has 0 aliphatic carbocycles. The van der Waals surface area contributed by atoms with Crippen molar-refractivity contribution in [3.63, 3.8) is 0 Å². The van der Waals surface area contributed by atoms with E-state index in [0.29, 0.717) is 40.6 Å². The monoisotopic (exact) mass is 570 g/mol. The van der Waals surface area contributed by atoms with E-state index >= 15 is 0 Å². The summed E-state index contributed by atoms with van der Waals surface area (Å²) in [5.74, 6) is 0.0902. The highest BCUT2D eigenvalue weighted by Crippen LogP contribution is 2.37. The summed E-state index contributed by atoms with van der Waals surface area (Å²) in [5, 5.41) is 5.27. The lowest BCUT2D eigenvalue weighted by Crippen LogP contribution is -2.19. The topological polar surface area (TPSA) is 103 Å². The van der Waals surface area contributed by atoms with Crippen LogP contribution < -0.4 is 20.1 Å². The van der Waals surface area contributed by atoms with E-state index in [1.54, 1.807) is 61.5 Å². The Morgan fingerprint density at radius 3 is 1.98 bits per heavy atom. The van der Waals surface area contributed by atoms with E-state index in [4.69, 9.17) is 14.2 Å². The van der Waals surface area contributed by atoms with Crippen LogP contribution in [0.2, 0.25) is 0 Å². The molecule has 0 aromatic heterocycles. The number of methoxy groups -OCH3 is 2. The predicted molar refractivity (Wildman–Crippen MR) is 160 cm³/mol. The van der Waals surface area contributed by atoms with E-state index in [9.17, 15) is 14.4 Å². The number of nitrogens with one attached hydrogen (secondary N) is 2. The zero-order valence-electron chi connectivity index (χ0n) is 22.9. The SMILES string of the molecule is CCOC(=O)c1ccc(NC(=O)C(Sc2ccc(NC(=O)c3ccc(OC)c(OC)c3)cc2)c2ccccc2)cc1. The van der Waals surface area contributed by atoms with Crippen LogP contribution in [0.1, 0.15) is 38.5 Å². The highest BCUT2D eigenvalue weighted by molar-refractivity contribution is 8.00. The first-order chi connectivity index (χ1) is 19.9. The highest BCUT2D eigenvalue weighted by Gasteiger charge is 2.22. The molecule has 0 heterocycles. The Morgan fingerprint density at radius 2 is 1.34 bits per heavy atom. The van der Waals surface area contributed by atoms with Gasteiger partial charge in [-0.05, 0) is 79.2 Å². The molecule has 0 spiro atoms. The number of amides is 2. The van der Waals surface area contributed by atoms with Gasteiger partial charge in [-0.2, -0.15) is 0 Å². The Balaban J connectivity index is 1.45. The van der Waals surface area contributed by atoms with E-state index < -0.39 is 11.2 Å². The lowest BCUT2D eigenvalue weighted by molar-refractivity contribution is -0.115. The summed E-state index contributed by atoms with van der Waals surface area (Å²) in [6.07, 6.45) is 0. The normalized spacial score (nSPS) is 11.2. The number of esters is 1. The summed E-state index contributed by atoms with van der Waals surface area (Å²) < 4.78 is 15.5. The standard InChI is InChI=1S/C32H30N2O6S/c1-4-40-32(37)22-10-13-24(14-11-22)34-31(36)29(21-8-6-5-7-9-21)41-26-17-15-25(16-18-26)33-30(35)23-12-19-27(38-2)28(20-23)39-3/h5-20,29H,4H2,1-3H3,(H,33,35)(H,34,36). The molecule has 8 nitrogen and oxygen atoms in total. The third-order valence-corrected chi connectivity index (χ3v) is 7.28. The first-order valence-corrected chi connectivity index (χ1v) is 13.7. The lowest BCUT2D eigenvalue weighted by Gasteiger charge is -2.17. The van der Waals surface area contributed by atoms with Crippen molar-refractivity contribution in [2.75, 3.05) is 31.5 Å². The van der Waals surface area contributed by atoms with Gasteiger partial charge in [0.25, 0.3) is 5.91 Å². The molecule has 0 saturated carbocycles. The van der Waals surface area contributed by atoms with E-state index in [1.807, 2.05) is 42.5 Å². The lowest BCUT2D eigenvalue weighted by atomic mass is 10.1. The maximum absolute atomic E-state index is 13.4. The molecule has 0 radical (unpaired) electrons. The van der Waals surface area contributed by atoms with Crippen molar-refractivity contribution in [1.29, 1.82) is 0 Å². The fraction of sp³-hybridized carbons (Fsp3) is 0.156. The minimum atomic E-state index is -0.548. The number of carbonyl (C=O) groups excluding carboxylic acids is 3. The van der Waals surface area contributed by atoms with Crippen LogP contribution in [0.25, 0.3) is 0 Å². The summed E-state index contributed by atoms with van der Waals surface area (Å²) in [5.41, 5.74) is 2.85. The number of ether oxygens (including phenoxy) is 3. The Labute approximate surface area is 243 Å². The number of hydrogen-bond donors (Lipinski definition) is 2. The second-order valence-corrected chi connectivity index (χ2v) is 9.92. The van der Waals surface area contributed by atoms with Crippen LogP contribution in [-0.2, 0) is 9.53 Å². The molecule has 0 bridgehead atoms. The molecule has 41 heavy (non-hydrogen) atoms. The number of carbonyl (C=O) groups is 3. The average Bonchev–Trinajstić information content (AvgIpc) is 3.01. The van der Waals surface area contributed by atoms with Gasteiger partial charge in [-0.25, -0.2) is 4.79 Å². The number of benzene rings is 4. The van der Waals surface area contributed by atoms with Crippen molar-refractivity contribution >= 4 is 40.9 Å². The smallest absolute Gasteiger partial charge is 0.338 e. The summed E-state index contributed by atoms with van der Waals surface area (Å²) in [4.78, 5) is 39.0. The van der Waals surface area contributed by atoms with Crippen LogP contribution in [0.15, 0.2) is 102 Å². The van der Waals surface area contributed by atoms with Crippen molar-refractivity contribution in [1.82, 2.24) is 0 Å². The quantitative estimate of drug-likeness (QED) is 0.155. The van der Waals surface area contributed by atoms with Gasteiger partial charge in [0.15, 0.2) is 11.5 Å². The number of anilines is 2. The Bertz CT molecular complexity index is 1490. The van der Waals surface area contributed by atoms with Gasteiger partial charge in [0.2, 0.25) is 5.91 Å². The molecule has 9 heteroatoms. The zero-order chi connectivity index (χ0) is 29.2. The molecule has 2 N–H and O–H groups in total.